The van der Waals surface area contributed by atoms with Gasteiger partial charge in [0.15, 0.2) is 0 Å². The molecule has 4 N–H and O–H groups in total. The lowest BCUT2D eigenvalue weighted by atomic mass is 10.2. The minimum atomic E-state index is -0.509. The second kappa shape index (κ2) is 6.63. The van der Waals surface area contributed by atoms with Crippen LogP contribution in [0.1, 0.15) is 13.8 Å². The first-order chi connectivity index (χ1) is 8.99. The molecule has 6 heteroatoms. The summed E-state index contributed by atoms with van der Waals surface area (Å²) in [4.78, 5) is 24.9. The van der Waals surface area contributed by atoms with Crippen molar-refractivity contribution in [3.05, 3.63) is 24.3 Å². The number of anilines is 2. The summed E-state index contributed by atoms with van der Waals surface area (Å²) in [7, 11) is 1.46. The second-order valence-electron chi connectivity index (χ2n) is 4.12. The number of benzene rings is 1. The quantitative estimate of drug-likeness (QED) is 0.706. The van der Waals surface area contributed by atoms with Gasteiger partial charge in [0.1, 0.15) is 6.04 Å². The van der Waals surface area contributed by atoms with E-state index in [1.165, 1.54) is 7.05 Å². The van der Waals surface area contributed by atoms with E-state index in [2.05, 4.69) is 10.6 Å². The number of nitrogens with zero attached hydrogens (tertiary/aromatic N) is 1. The molecule has 3 amide bonds. The highest BCUT2D eigenvalue weighted by Gasteiger charge is 2.21. The lowest BCUT2D eigenvalue weighted by Gasteiger charge is -2.29. The van der Waals surface area contributed by atoms with Gasteiger partial charge < -0.3 is 16.0 Å². The standard InChI is InChI=1S/C13H20N4O2/c1-4-17(11-7-5-10(14)6-8-11)9(2)12(18)16-13(19)15-3/h5-9H,4,14H2,1-3H3,(H2,15,16,18,19). The van der Waals surface area contributed by atoms with Crippen molar-refractivity contribution in [2.45, 2.75) is 19.9 Å². The van der Waals surface area contributed by atoms with Crippen LogP contribution in [0.15, 0.2) is 24.3 Å². The van der Waals surface area contributed by atoms with Crippen LogP contribution in [-0.2, 0) is 4.79 Å². The molecule has 0 bridgehead atoms. The van der Waals surface area contributed by atoms with E-state index >= 15 is 0 Å². The number of hydrogen-bond acceptors (Lipinski definition) is 4. The fraction of sp³-hybridized carbons (Fsp3) is 0.385. The van der Waals surface area contributed by atoms with Crippen molar-refractivity contribution in [3.63, 3.8) is 0 Å². The van der Waals surface area contributed by atoms with Gasteiger partial charge in [-0.3, -0.25) is 10.1 Å². The molecule has 104 valence electrons. The molecule has 0 saturated carbocycles. The van der Waals surface area contributed by atoms with Gasteiger partial charge in [0, 0.05) is 25.0 Å². The normalized spacial score (nSPS) is 11.5. The molecule has 0 aliphatic rings. The predicted octanol–water partition coefficient (Wildman–Crippen LogP) is 0.939. The van der Waals surface area contributed by atoms with Crippen LogP contribution in [0.25, 0.3) is 0 Å². The number of rotatable bonds is 4. The van der Waals surface area contributed by atoms with Gasteiger partial charge in [-0.25, -0.2) is 4.79 Å². The maximum Gasteiger partial charge on any atom is 0.321 e. The monoisotopic (exact) mass is 264 g/mol. The number of nitrogens with two attached hydrogens (primary N) is 1. The number of hydrogen-bond donors (Lipinski definition) is 3. The van der Waals surface area contributed by atoms with E-state index in [0.29, 0.717) is 12.2 Å². The number of nitrogen functional groups attached to an aromatic ring is 1. The van der Waals surface area contributed by atoms with Crippen LogP contribution in [0.3, 0.4) is 0 Å². The fourth-order valence-corrected chi connectivity index (χ4v) is 1.77. The average molecular weight is 264 g/mol. The summed E-state index contributed by atoms with van der Waals surface area (Å²) < 4.78 is 0. The lowest BCUT2D eigenvalue weighted by molar-refractivity contribution is -0.120. The first kappa shape index (κ1) is 14.8. The van der Waals surface area contributed by atoms with Gasteiger partial charge in [0.05, 0.1) is 0 Å². The predicted molar refractivity (Wildman–Crippen MR) is 75.9 cm³/mol. The summed E-state index contributed by atoms with van der Waals surface area (Å²) in [6.45, 7) is 4.34. The second-order valence-corrected chi connectivity index (χ2v) is 4.12. The van der Waals surface area contributed by atoms with Crippen molar-refractivity contribution in [2.24, 2.45) is 0 Å². The number of carbonyl (C=O) groups is 2. The molecule has 1 unspecified atom stereocenters. The number of likely N-dealkylation sites (N-methyl/N-ethyl adjacent to an activating group) is 1. The maximum absolute atomic E-state index is 11.9. The maximum atomic E-state index is 11.9. The molecule has 1 aromatic carbocycles. The molecule has 0 aliphatic heterocycles. The zero-order valence-corrected chi connectivity index (χ0v) is 11.4. The summed E-state index contributed by atoms with van der Waals surface area (Å²) in [6.07, 6.45) is 0. The molecule has 0 heterocycles. The summed E-state index contributed by atoms with van der Waals surface area (Å²) >= 11 is 0. The molecule has 0 fully saturated rings. The number of amides is 3. The van der Waals surface area contributed by atoms with E-state index in [4.69, 9.17) is 5.73 Å². The molecular formula is C13H20N4O2. The third-order valence-corrected chi connectivity index (χ3v) is 2.88. The zero-order chi connectivity index (χ0) is 14.4. The average Bonchev–Trinajstić information content (AvgIpc) is 2.41. The zero-order valence-electron chi connectivity index (χ0n) is 11.4. The van der Waals surface area contributed by atoms with Gasteiger partial charge in [-0.05, 0) is 38.1 Å². The Bertz CT molecular complexity index is 444. The molecule has 0 saturated heterocycles. The number of urea groups is 1. The van der Waals surface area contributed by atoms with Crippen LogP contribution < -0.4 is 21.3 Å². The minimum Gasteiger partial charge on any atom is -0.399 e. The molecule has 1 rings (SSSR count). The van der Waals surface area contributed by atoms with Crippen molar-refractivity contribution >= 4 is 23.3 Å². The SMILES string of the molecule is CCN(c1ccc(N)cc1)C(C)C(=O)NC(=O)NC. The molecule has 0 aliphatic carbocycles. The molecule has 6 nitrogen and oxygen atoms in total. The van der Waals surface area contributed by atoms with Gasteiger partial charge >= 0.3 is 6.03 Å². The van der Waals surface area contributed by atoms with E-state index in [1.807, 2.05) is 24.0 Å². The summed E-state index contributed by atoms with van der Waals surface area (Å²) in [6, 6.07) is 6.30. The highest BCUT2D eigenvalue weighted by atomic mass is 16.2. The Morgan fingerprint density at radius 2 is 1.89 bits per heavy atom. The molecular weight excluding hydrogens is 244 g/mol. The van der Waals surface area contributed by atoms with Crippen LogP contribution in [-0.4, -0.2) is 31.6 Å². The number of nitrogens with one attached hydrogen (secondary N) is 2. The molecule has 1 aromatic rings. The summed E-state index contributed by atoms with van der Waals surface area (Å²) in [5, 5.41) is 4.62. The number of carbonyl (C=O) groups excluding carboxylic acids is 2. The Morgan fingerprint density at radius 3 is 2.37 bits per heavy atom. The molecule has 0 aromatic heterocycles. The third-order valence-electron chi connectivity index (χ3n) is 2.88. The largest absolute Gasteiger partial charge is 0.399 e. The van der Waals surface area contributed by atoms with Gasteiger partial charge in [0.2, 0.25) is 5.91 Å². The molecule has 0 radical (unpaired) electrons. The van der Waals surface area contributed by atoms with Crippen molar-refractivity contribution < 1.29 is 9.59 Å². The highest BCUT2D eigenvalue weighted by Crippen LogP contribution is 2.18. The molecule has 1 atom stereocenters. The van der Waals surface area contributed by atoms with Gasteiger partial charge in [-0.15, -0.1) is 0 Å². The lowest BCUT2D eigenvalue weighted by Crippen LogP contribution is -2.49. The van der Waals surface area contributed by atoms with Crippen LogP contribution in [0, 0.1) is 0 Å². The van der Waals surface area contributed by atoms with E-state index in [-0.39, 0.29) is 5.91 Å². The van der Waals surface area contributed by atoms with E-state index in [0.717, 1.165) is 5.69 Å². The first-order valence-electron chi connectivity index (χ1n) is 6.14. The topological polar surface area (TPSA) is 87.5 Å². The highest BCUT2D eigenvalue weighted by molar-refractivity contribution is 5.98. The molecule has 19 heavy (non-hydrogen) atoms. The Kier molecular flexibility index (Phi) is 5.17. The smallest absolute Gasteiger partial charge is 0.321 e. The van der Waals surface area contributed by atoms with Crippen molar-refractivity contribution in [1.82, 2.24) is 10.6 Å². The summed E-state index contributed by atoms with van der Waals surface area (Å²) in [5.41, 5.74) is 7.19. The van der Waals surface area contributed by atoms with Gasteiger partial charge in [0.25, 0.3) is 0 Å². The van der Waals surface area contributed by atoms with Crippen molar-refractivity contribution in [3.8, 4) is 0 Å². The Balaban J connectivity index is 2.81. The summed E-state index contributed by atoms with van der Waals surface area (Å²) in [5.74, 6) is -0.349. The Morgan fingerprint density at radius 1 is 1.32 bits per heavy atom. The van der Waals surface area contributed by atoms with Gasteiger partial charge in [-0.2, -0.15) is 0 Å². The number of imide groups is 1. The van der Waals surface area contributed by atoms with Crippen LogP contribution in [0.2, 0.25) is 0 Å². The van der Waals surface area contributed by atoms with Gasteiger partial charge in [-0.1, -0.05) is 0 Å². The third kappa shape index (κ3) is 3.87. The Labute approximate surface area is 113 Å². The molecule has 0 spiro atoms. The Hall–Kier alpha value is -2.24. The van der Waals surface area contributed by atoms with Crippen molar-refractivity contribution in [2.75, 3.05) is 24.2 Å². The van der Waals surface area contributed by atoms with Crippen LogP contribution >= 0.6 is 0 Å². The van der Waals surface area contributed by atoms with Crippen molar-refractivity contribution in [1.29, 1.82) is 0 Å². The minimum absolute atomic E-state index is 0.349. The van der Waals surface area contributed by atoms with E-state index in [1.54, 1.807) is 19.1 Å². The van der Waals surface area contributed by atoms with Crippen LogP contribution in [0.4, 0.5) is 16.2 Å². The van der Waals surface area contributed by atoms with E-state index < -0.39 is 12.1 Å². The fourth-order valence-electron chi connectivity index (χ4n) is 1.77. The van der Waals surface area contributed by atoms with Crippen LogP contribution in [0.5, 0.6) is 0 Å². The first-order valence-corrected chi connectivity index (χ1v) is 6.14. The van der Waals surface area contributed by atoms with E-state index in [9.17, 15) is 9.59 Å².